The number of pyridine rings is 1. The highest BCUT2D eigenvalue weighted by molar-refractivity contribution is 7.80. The molecule has 1 unspecified atom stereocenters. The molecule has 0 amide bonds. The third-order valence-electron chi connectivity index (χ3n) is 3.06. The minimum atomic E-state index is 0.308. The lowest BCUT2D eigenvalue weighted by atomic mass is 10.1. The van der Waals surface area contributed by atoms with Gasteiger partial charge in [-0.1, -0.05) is 18.3 Å². The van der Waals surface area contributed by atoms with Gasteiger partial charge < -0.3 is 11.1 Å². The molecule has 0 aliphatic rings. The molecular weight excluding hydrogens is 286 g/mol. The highest BCUT2D eigenvalue weighted by atomic mass is 32.1. The summed E-state index contributed by atoms with van der Waals surface area (Å²) in [5, 5.41) is 5.61. The molecule has 3 N–H and O–H groups in total. The highest BCUT2D eigenvalue weighted by Gasteiger charge is 2.13. The third-order valence-corrected chi connectivity index (χ3v) is 4.17. The Morgan fingerprint density at radius 1 is 1.50 bits per heavy atom. The molecule has 5 heteroatoms. The van der Waals surface area contributed by atoms with Crippen molar-refractivity contribution in [1.82, 2.24) is 4.98 Å². The van der Waals surface area contributed by atoms with Crippen LogP contribution < -0.4 is 11.1 Å². The number of rotatable bonds is 5. The molecule has 2 rings (SSSR count). The molecule has 0 bridgehead atoms. The van der Waals surface area contributed by atoms with Crippen molar-refractivity contribution in [1.29, 1.82) is 0 Å². The van der Waals surface area contributed by atoms with E-state index in [1.165, 1.54) is 4.88 Å². The van der Waals surface area contributed by atoms with Crippen molar-refractivity contribution in [2.45, 2.75) is 33.2 Å². The van der Waals surface area contributed by atoms with Crippen molar-refractivity contribution >= 4 is 34.2 Å². The molecule has 0 radical (unpaired) electrons. The second kappa shape index (κ2) is 6.33. The smallest absolute Gasteiger partial charge is 0.107 e. The molecule has 2 aromatic rings. The maximum Gasteiger partial charge on any atom is 0.107 e. The van der Waals surface area contributed by atoms with Gasteiger partial charge in [0, 0.05) is 34.4 Å². The van der Waals surface area contributed by atoms with Gasteiger partial charge in [0.1, 0.15) is 4.99 Å². The average Bonchev–Trinajstić information content (AvgIpc) is 2.79. The van der Waals surface area contributed by atoms with Crippen LogP contribution in [0.1, 0.15) is 28.8 Å². The highest BCUT2D eigenvalue weighted by Crippen LogP contribution is 2.22. The molecule has 2 heterocycles. The molecule has 3 nitrogen and oxygen atoms in total. The van der Waals surface area contributed by atoms with E-state index < -0.39 is 0 Å². The van der Waals surface area contributed by atoms with Crippen LogP contribution in [0.15, 0.2) is 23.6 Å². The molecule has 0 aromatic carbocycles. The Labute approximate surface area is 129 Å². The van der Waals surface area contributed by atoms with Gasteiger partial charge in [0.2, 0.25) is 0 Å². The second-order valence-electron chi connectivity index (χ2n) is 4.96. The number of aromatic nitrogens is 1. The van der Waals surface area contributed by atoms with Gasteiger partial charge in [-0.3, -0.25) is 4.98 Å². The summed E-state index contributed by atoms with van der Waals surface area (Å²) in [6.45, 7) is 6.08. The molecule has 2 aromatic heterocycles. The lowest BCUT2D eigenvalue weighted by molar-refractivity contribution is 0.799. The van der Waals surface area contributed by atoms with E-state index in [1.54, 1.807) is 11.3 Å². The quantitative estimate of drug-likeness (QED) is 0.831. The van der Waals surface area contributed by atoms with E-state index in [2.05, 4.69) is 34.7 Å². The maximum atomic E-state index is 5.83. The van der Waals surface area contributed by atoms with Crippen LogP contribution in [0.5, 0.6) is 0 Å². The number of hydrogen-bond acceptors (Lipinski definition) is 4. The largest absolute Gasteiger partial charge is 0.389 e. The van der Waals surface area contributed by atoms with Crippen LogP contribution in [0.2, 0.25) is 0 Å². The lowest BCUT2D eigenvalue weighted by Crippen LogP contribution is -2.22. The minimum absolute atomic E-state index is 0.308. The van der Waals surface area contributed by atoms with Crippen molar-refractivity contribution in [3.05, 3.63) is 45.4 Å². The van der Waals surface area contributed by atoms with Crippen LogP contribution in [-0.2, 0) is 6.42 Å². The summed E-state index contributed by atoms with van der Waals surface area (Å²) in [5.74, 6) is 0. The first-order valence-corrected chi connectivity index (χ1v) is 7.83. The Hall–Kier alpha value is -1.46. The number of aryl methyl sites for hydroxylation is 2. The number of nitrogens with one attached hydrogen (secondary N) is 1. The van der Waals surface area contributed by atoms with Crippen LogP contribution in [0.4, 0.5) is 5.69 Å². The Morgan fingerprint density at radius 3 is 2.85 bits per heavy atom. The fourth-order valence-corrected chi connectivity index (χ4v) is 3.39. The molecule has 20 heavy (non-hydrogen) atoms. The number of thiophene rings is 1. The molecule has 1 atom stereocenters. The van der Waals surface area contributed by atoms with Crippen molar-refractivity contribution in [3.8, 4) is 0 Å². The molecule has 0 fully saturated rings. The summed E-state index contributed by atoms with van der Waals surface area (Å²) in [6.07, 6.45) is 0.981. The molecule has 0 saturated heterocycles. The fraction of sp³-hybridized carbons (Fsp3) is 0.333. The van der Waals surface area contributed by atoms with Crippen molar-refractivity contribution in [2.24, 2.45) is 5.73 Å². The predicted octanol–water partition coefficient (Wildman–Crippen LogP) is 3.44. The average molecular weight is 305 g/mol. The normalized spacial score (nSPS) is 12.2. The zero-order chi connectivity index (χ0) is 14.7. The van der Waals surface area contributed by atoms with Gasteiger partial charge in [-0.05, 0) is 38.3 Å². The molecule has 0 aliphatic carbocycles. The van der Waals surface area contributed by atoms with Gasteiger partial charge in [-0.25, -0.2) is 0 Å². The molecule has 106 valence electrons. The zero-order valence-corrected chi connectivity index (χ0v) is 13.6. The number of thiocarbonyl (C=S) groups is 1. The van der Waals surface area contributed by atoms with Crippen LogP contribution in [0.3, 0.4) is 0 Å². The van der Waals surface area contributed by atoms with E-state index in [9.17, 15) is 0 Å². The Kier molecular flexibility index (Phi) is 4.73. The number of nitrogens with two attached hydrogens (primary N) is 1. The van der Waals surface area contributed by atoms with E-state index >= 15 is 0 Å². The van der Waals surface area contributed by atoms with Crippen LogP contribution in [0.25, 0.3) is 0 Å². The van der Waals surface area contributed by atoms with E-state index in [1.807, 2.05) is 19.9 Å². The van der Waals surface area contributed by atoms with Gasteiger partial charge in [-0.15, -0.1) is 11.3 Å². The Morgan fingerprint density at radius 2 is 2.25 bits per heavy atom. The molecule has 0 saturated carbocycles. The summed E-state index contributed by atoms with van der Waals surface area (Å²) in [7, 11) is 0. The zero-order valence-electron chi connectivity index (χ0n) is 11.9. The topological polar surface area (TPSA) is 50.9 Å². The molecule has 0 aliphatic heterocycles. The summed E-state index contributed by atoms with van der Waals surface area (Å²) in [5.41, 5.74) is 9.50. The Balaban J connectivity index is 2.21. The molecular formula is C15H19N3S2. The Bertz CT molecular complexity index is 606. The summed E-state index contributed by atoms with van der Waals surface area (Å²) >= 11 is 6.92. The van der Waals surface area contributed by atoms with Crippen molar-refractivity contribution in [2.75, 3.05) is 5.32 Å². The minimum Gasteiger partial charge on any atom is -0.389 e. The van der Waals surface area contributed by atoms with E-state index in [4.69, 9.17) is 18.0 Å². The predicted molar refractivity (Wildman–Crippen MR) is 90.7 cm³/mol. The van der Waals surface area contributed by atoms with E-state index in [0.717, 1.165) is 29.1 Å². The summed E-state index contributed by atoms with van der Waals surface area (Å²) in [6, 6.07) is 6.55. The molecule has 0 spiro atoms. The first-order chi connectivity index (χ1) is 9.47. The third kappa shape index (κ3) is 3.55. The van der Waals surface area contributed by atoms with E-state index in [0.29, 0.717) is 11.0 Å². The van der Waals surface area contributed by atoms with E-state index in [-0.39, 0.29) is 0 Å². The van der Waals surface area contributed by atoms with Crippen molar-refractivity contribution in [3.63, 3.8) is 0 Å². The summed E-state index contributed by atoms with van der Waals surface area (Å²) in [4.78, 5) is 6.19. The first kappa shape index (κ1) is 14.9. The van der Waals surface area contributed by atoms with Crippen LogP contribution >= 0.6 is 23.6 Å². The SMILES string of the molecule is Cc1cc(NC(C)Cc2cccs2)c(C(N)=S)c(C)n1. The monoisotopic (exact) mass is 305 g/mol. The van der Waals surface area contributed by atoms with Gasteiger partial charge >= 0.3 is 0 Å². The first-order valence-electron chi connectivity index (χ1n) is 6.54. The van der Waals surface area contributed by atoms with Gasteiger partial charge in [0.15, 0.2) is 0 Å². The van der Waals surface area contributed by atoms with Crippen molar-refractivity contribution < 1.29 is 0 Å². The number of nitrogens with zero attached hydrogens (tertiary/aromatic N) is 1. The fourth-order valence-electron chi connectivity index (χ4n) is 2.30. The number of hydrogen-bond donors (Lipinski definition) is 2. The summed E-state index contributed by atoms with van der Waals surface area (Å²) < 4.78 is 0. The number of anilines is 1. The van der Waals surface area contributed by atoms with Crippen LogP contribution in [-0.4, -0.2) is 16.0 Å². The van der Waals surface area contributed by atoms with Gasteiger partial charge in [0.05, 0.1) is 5.56 Å². The van der Waals surface area contributed by atoms with Gasteiger partial charge in [-0.2, -0.15) is 0 Å². The van der Waals surface area contributed by atoms with Gasteiger partial charge in [0.25, 0.3) is 0 Å². The lowest BCUT2D eigenvalue weighted by Gasteiger charge is -2.19. The maximum absolute atomic E-state index is 5.83. The standard InChI is InChI=1S/C15H19N3S2/c1-9(7-12-5-4-6-20-12)18-13-8-10(2)17-11(3)14(13)15(16)19/h4-6,8-9H,7H2,1-3H3,(H2,16,19)(H,17,18). The second-order valence-corrected chi connectivity index (χ2v) is 6.44. The van der Waals surface area contributed by atoms with Crippen LogP contribution in [0, 0.1) is 13.8 Å².